The van der Waals surface area contributed by atoms with Gasteiger partial charge >= 0.3 is 6.03 Å². The lowest BCUT2D eigenvalue weighted by Crippen LogP contribution is -2.37. The molecule has 0 spiro atoms. The number of hydrogen-bond acceptors (Lipinski definition) is 4. The number of carbonyl (C=O) groups is 2. The van der Waals surface area contributed by atoms with Gasteiger partial charge in [-0.25, -0.2) is 4.79 Å². The van der Waals surface area contributed by atoms with E-state index in [4.69, 9.17) is 4.74 Å². The Kier molecular flexibility index (Phi) is 7.89. The molecule has 0 radical (unpaired) electrons. The van der Waals surface area contributed by atoms with Gasteiger partial charge in [0.2, 0.25) is 0 Å². The number of anilines is 1. The standard InChI is InChI=1S/C24H32N4O3/c1-28(2)22(18-7-6-10-21(15-18)31-3)16-25-24(30)27-20-13-11-17(12-14-20)23(29)26-19-8-4-5-9-19/h6-7,10-15,19,22H,4-5,8-9,16H2,1-3H3,(H,26,29)(H2,25,27,30). The molecule has 31 heavy (non-hydrogen) atoms. The molecule has 2 aromatic rings. The number of methoxy groups -OCH3 is 1. The number of hydrogen-bond donors (Lipinski definition) is 3. The fraction of sp³-hybridized carbons (Fsp3) is 0.417. The van der Waals surface area contributed by atoms with Gasteiger partial charge in [0.25, 0.3) is 5.91 Å². The highest BCUT2D eigenvalue weighted by Crippen LogP contribution is 2.22. The summed E-state index contributed by atoms with van der Waals surface area (Å²) in [5.74, 6) is 0.723. The third-order valence-corrected chi connectivity index (χ3v) is 5.65. The van der Waals surface area contributed by atoms with Crippen molar-refractivity contribution in [1.82, 2.24) is 15.5 Å². The maximum Gasteiger partial charge on any atom is 0.319 e. The summed E-state index contributed by atoms with van der Waals surface area (Å²) in [6.07, 6.45) is 4.45. The van der Waals surface area contributed by atoms with Crippen LogP contribution in [0.3, 0.4) is 0 Å². The summed E-state index contributed by atoms with van der Waals surface area (Å²) >= 11 is 0. The zero-order valence-electron chi connectivity index (χ0n) is 18.5. The van der Waals surface area contributed by atoms with E-state index in [1.165, 1.54) is 12.8 Å². The van der Waals surface area contributed by atoms with E-state index >= 15 is 0 Å². The van der Waals surface area contributed by atoms with Crippen molar-refractivity contribution < 1.29 is 14.3 Å². The fourth-order valence-electron chi connectivity index (χ4n) is 3.86. The van der Waals surface area contributed by atoms with Crippen LogP contribution in [0.4, 0.5) is 10.5 Å². The molecular weight excluding hydrogens is 392 g/mol. The van der Waals surface area contributed by atoms with Crippen LogP contribution in [0.5, 0.6) is 5.75 Å². The zero-order valence-corrected chi connectivity index (χ0v) is 18.5. The van der Waals surface area contributed by atoms with E-state index in [-0.39, 0.29) is 24.0 Å². The molecule has 0 heterocycles. The molecule has 0 aromatic heterocycles. The Bertz CT molecular complexity index is 877. The maximum atomic E-state index is 12.4. The second-order valence-electron chi connectivity index (χ2n) is 8.12. The average Bonchev–Trinajstić information content (AvgIpc) is 3.27. The molecule has 166 valence electrons. The Balaban J connectivity index is 1.52. The van der Waals surface area contributed by atoms with Gasteiger partial charge in [-0.05, 0) is 68.9 Å². The van der Waals surface area contributed by atoms with Crippen molar-refractivity contribution in [1.29, 1.82) is 0 Å². The molecule has 0 bridgehead atoms. The molecule has 7 heteroatoms. The lowest BCUT2D eigenvalue weighted by atomic mass is 10.1. The van der Waals surface area contributed by atoms with Crippen molar-refractivity contribution in [3.63, 3.8) is 0 Å². The molecule has 7 nitrogen and oxygen atoms in total. The maximum absolute atomic E-state index is 12.4. The number of urea groups is 1. The van der Waals surface area contributed by atoms with E-state index in [0.29, 0.717) is 17.8 Å². The number of rotatable bonds is 8. The normalized spacial score (nSPS) is 14.8. The minimum atomic E-state index is -0.294. The summed E-state index contributed by atoms with van der Waals surface area (Å²) in [5.41, 5.74) is 2.29. The van der Waals surface area contributed by atoms with Gasteiger partial charge in [-0.15, -0.1) is 0 Å². The Hall–Kier alpha value is -3.06. The highest BCUT2D eigenvalue weighted by atomic mass is 16.5. The average molecular weight is 425 g/mol. The number of likely N-dealkylation sites (N-methyl/N-ethyl adjacent to an activating group) is 1. The van der Waals surface area contributed by atoms with Gasteiger partial charge in [-0.3, -0.25) is 4.79 Å². The van der Waals surface area contributed by atoms with E-state index in [0.717, 1.165) is 24.2 Å². The van der Waals surface area contributed by atoms with Crippen molar-refractivity contribution in [2.45, 2.75) is 37.8 Å². The molecule has 3 amide bonds. The first-order chi connectivity index (χ1) is 15.0. The number of nitrogens with zero attached hydrogens (tertiary/aromatic N) is 1. The predicted octanol–water partition coefficient (Wildman–Crippen LogP) is 3.79. The van der Waals surface area contributed by atoms with E-state index in [2.05, 4.69) is 16.0 Å². The first-order valence-corrected chi connectivity index (χ1v) is 10.7. The van der Waals surface area contributed by atoms with E-state index in [1.54, 1.807) is 31.4 Å². The molecule has 1 atom stereocenters. The van der Waals surface area contributed by atoms with Gasteiger partial charge in [0.1, 0.15) is 5.75 Å². The molecule has 2 aromatic carbocycles. The minimum absolute atomic E-state index is 0.00232. The van der Waals surface area contributed by atoms with Gasteiger partial charge in [-0.2, -0.15) is 0 Å². The second kappa shape index (κ2) is 10.8. The molecule has 1 fully saturated rings. The van der Waals surface area contributed by atoms with Crippen molar-refractivity contribution in [2.75, 3.05) is 33.1 Å². The third kappa shape index (κ3) is 6.46. The summed E-state index contributed by atoms with van der Waals surface area (Å²) in [7, 11) is 5.58. The number of benzene rings is 2. The quantitative estimate of drug-likeness (QED) is 0.602. The highest BCUT2D eigenvalue weighted by molar-refractivity contribution is 5.95. The highest BCUT2D eigenvalue weighted by Gasteiger charge is 2.18. The Morgan fingerprint density at radius 3 is 2.45 bits per heavy atom. The van der Waals surface area contributed by atoms with Crippen LogP contribution >= 0.6 is 0 Å². The van der Waals surface area contributed by atoms with Gasteiger partial charge in [0, 0.05) is 23.8 Å². The van der Waals surface area contributed by atoms with Crippen molar-refractivity contribution in [3.05, 3.63) is 59.7 Å². The lowest BCUT2D eigenvalue weighted by Gasteiger charge is -2.25. The smallest absolute Gasteiger partial charge is 0.319 e. The van der Waals surface area contributed by atoms with Crippen molar-refractivity contribution in [3.8, 4) is 5.75 Å². The van der Waals surface area contributed by atoms with Crippen LogP contribution in [0, 0.1) is 0 Å². The Morgan fingerprint density at radius 2 is 1.81 bits per heavy atom. The molecule has 1 unspecified atom stereocenters. The van der Waals surface area contributed by atoms with Gasteiger partial charge in [-0.1, -0.05) is 25.0 Å². The summed E-state index contributed by atoms with van der Waals surface area (Å²) in [6.45, 7) is 0.438. The molecule has 3 N–H and O–H groups in total. The van der Waals surface area contributed by atoms with Crippen LogP contribution < -0.4 is 20.7 Å². The Morgan fingerprint density at radius 1 is 1.10 bits per heavy atom. The first kappa shape index (κ1) is 22.6. The van der Waals surface area contributed by atoms with E-state index in [1.807, 2.05) is 43.3 Å². The zero-order chi connectivity index (χ0) is 22.2. The third-order valence-electron chi connectivity index (χ3n) is 5.65. The summed E-state index contributed by atoms with van der Waals surface area (Å²) < 4.78 is 5.31. The molecule has 0 saturated heterocycles. The van der Waals surface area contributed by atoms with Crippen LogP contribution in [0.1, 0.15) is 47.6 Å². The van der Waals surface area contributed by atoms with Crippen LogP contribution in [-0.4, -0.2) is 50.6 Å². The number of nitrogens with one attached hydrogen (secondary N) is 3. The van der Waals surface area contributed by atoms with E-state index < -0.39 is 0 Å². The summed E-state index contributed by atoms with van der Waals surface area (Å²) in [6, 6.07) is 14.8. The first-order valence-electron chi connectivity index (χ1n) is 10.7. The van der Waals surface area contributed by atoms with Crippen LogP contribution in [-0.2, 0) is 0 Å². The van der Waals surface area contributed by atoms with Crippen molar-refractivity contribution >= 4 is 17.6 Å². The monoisotopic (exact) mass is 424 g/mol. The molecule has 1 aliphatic carbocycles. The van der Waals surface area contributed by atoms with Crippen molar-refractivity contribution in [2.24, 2.45) is 0 Å². The van der Waals surface area contributed by atoms with Crippen LogP contribution in [0.15, 0.2) is 48.5 Å². The molecule has 3 rings (SSSR count). The largest absolute Gasteiger partial charge is 0.497 e. The molecule has 0 aliphatic heterocycles. The molecular formula is C24H32N4O3. The number of carbonyl (C=O) groups excluding carboxylic acids is 2. The summed E-state index contributed by atoms with van der Waals surface area (Å²) in [4.78, 5) is 26.8. The van der Waals surface area contributed by atoms with Crippen LogP contribution in [0.25, 0.3) is 0 Å². The second-order valence-corrected chi connectivity index (χ2v) is 8.12. The van der Waals surface area contributed by atoms with Gasteiger partial charge in [0.15, 0.2) is 0 Å². The Labute approximate surface area is 184 Å². The lowest BCUT2D eigenvalue weighted by molar-refractivity contribution is 0.0938. The van der Waals surface area contributed by atoms with Gasteiger partial charge < -0.3 is 25.6 Å². The van der Waals surface area contributed by atoms with E-state index in [9.17, 15) is 9.59 Å². The number of amides is 3. The van der Waals surface area contributed by atoms with Gasteiger partial charge in [0.05, 0.1) is 13.2 Å². The SMILES string of the molecule is COc1cccc(C(CNC(=O)Nc2ccc(C(=O)NC3CCCC3)cc2)N(C)C)c1. The fourth-order valence-corrected chi connectivity index (χ4v) is 3.86. The minimum Gasteiger partial charge on any atom is -0.497 e. The predicted molar refractivity (Wildman–Crippen MR) is 123 cm³/mol. The molecule has 1 aliphatic rings. The number of ether oxygens (including phenoxy) is 1. The summed E-state index contributed by atoms with van der Waals surface area (Å²) in [5, 5.41) is 8.82. The topological polar surface area (TPSA) is 82.7 Å². The molecule has 1 saturated carbocycles. The van der Waals surface area contributed by atoms with Crippen LogP contribution in [0.2, 0.25) is 0 Å².